The summed E-state index contributed by atoms with van der Waals surface area (Å²) in [5, 5.41) is 5.20. The van der Waals surface area contributed by atoms with Crippen LogP contribution in [0.4, 0.5) is 0 Å². The molecule has 32 heavy (non-hydrogen) atoms. The topological polar surface area (TPSA) is 95.6 Å². The SMILES string of the molecule is C=C(CCN(C)CCC)C(=O)NCc1ccc(C(=O)CC2CCC(=O)NC2=O)c(CC)c1. The first-order chi connectivity index (χ1) is 15.2. The third-order valence-corrected chi connectivity index (χ3v) is 5.81. The Hall–Kier alpha value is -2.80. The molecule has 2 N–H and O–H groups in total. The maximum absolute atomic E-state index is 12.8. The molecule has 1 aliphatic heterocycles. The number of nitrogens with zero attached hydrogens (tertiary/aromatic N) is 1. The number of hydrogen-bond acceptors (Lipinski definition) is 5. The lowest BCUT2D eigenvalue weighted by molar-refractivity contribution is -0.136. The van der Waals surface area contributed by atoms with Gasteiger partial charge in [-0.1, -0.05) is 38.6 Å². The number of hydrogen-bond donors (Lipinski definition) is 2. The number of nitrogens with one attached hydrogen (secondary N) is 2. The summed E-state index contributed by atoms with van der Waals surface area (Å²) in [6.07, 6.45) is 3.11. The molecule has 0 aliphatic carbocycles. The van der Waals surface area contributed by atoms with E-state index < -0.39 is 5.92 Å². The van der Waals surface area contributed by atoms with Crippen molar-refractivity contribution in [3.8, 4) is 0 Å². The molecule has 0 bridgehead atoms. The van der Waals surface area contributed by atoms with E-state index in [1.807, 2.05) is 26.1 Å². The molecule has 0 saturated carbocycles. The van der Waals surface area contributed by atoms with Crippen molar-refractivity contribution in [2.75, 3.05) is 20.1 Å². The monoisotopic (exact) mass is 441 g/mol. The second-order valence-electron chi connectivity index (χ2n) is 8.46. The van der Waals surface area contributed by atoms with Gasteiger partial charge in [-0.15, -0.1) is 0 Å². The van der Waals surface area contributed by atoms with Crippen molar-refractivity contribution in [2.45, 2.75) is 58.9 Å². The van der Waals surface area contributed by atoms with E-state index in [0.29, 0.717) is 36.9 Å². The van der Waals surface area contributed by atoms with Gasteiger partial charge in [0.1, 0.15) is 0 Å². The fraction of sp³-hybridized carbons (Fsp3) is 0.520. The Morgan fingerprint density at radius 3 is 2.62 bits per heavy atom. The molecule has 1 aromatic carbocycles. The number of imide groups is 1. The van der Waals surface area contributed by atoms with Gasteiger partial charge >= 0.3 is 0 Å². The predicted molar refractivity (Wildman–Crippen MR) is 124 cm³/mol. The van der Waals surface area contributed by atoms with Gasteiger partial charge in [0.2, 0.25) is 17.7 Å². The van der Waals surface area contributed by atoms with Crippen LogP contribution >= 0.6 is 0 Å². The Bertz CT molecular complexity index is 878. The lowest BCUT2D eigenvalue weighted by Gasteiger charge is -2.20. The van der Waals surface area contributed by atoms with E-state index in [0.717, 1.165) is 30.6 Å². The first-order valence-electron chi connectivity index (χ1n) is 11.4. The van der Waals surface area contributed by atoms with Crippen LogP contribution in [-0.4, -0.2) is 48.5 Å². The molecule has 3 amide bonds. The van der Waals surface area contributed by atoms with Gasteiger partial charge in [0.05, 0.1) is 0 Å². The number of ketones is 1. The van der Waals surface area contributed by atoms with Crippen LogP contribution in [0.1, 0.15) is 67.4 Å². The molecule has 1 aliphatic rings. The Kier molecular flexibility index (Phi) is 9.78. The van der Waals surface area contributed by atoms with Crippen LogP contribution < -0.4 is 10.6 Å². The number of Topliss-reactive ketones (excluding diaryl/α,β-unsaturated/α-hetero) is 1. The molecule has 0 radical (unpaired) electrons. The van der Waals surface area contributed by atoms with Gasteiger partial charge in [-0.05, 0) is 50.4 Å². The second kappa shape index (κ2) is 12.3. The lowest BCUT2D eigenvalue weighted by atomic mass is 9.88. The van der Waals surface area contributed by atoms with E-state index in [4.69, 9.17) is 0 Å². The minimum atomic E-state index is -0.466. The lowest BCUT2D eigenvalue weighted by Crippen LogP contribution is -2.41. The van der Waals surface area contributed by atoms with Crippen molar-refractivity contribution in [1.82, 2.24) is 15.5 Å². The minimum Gasteiger partial charge on any atom is -0.348 e. The third kappa shape index (κ3) is 7.41. The van der Waals surface area contributed by atoms with Crippen LogP contribution in [-0.2, 0) is 27.3 Å². The summed E-state index contributed by atoms with van der Waals surface area (Å²) in [6, 6.07) is 5.52. The second-order valence-corrected chi connectivity index (χ2v) is 8.46. The maximum Gasteiger partial charge on any atom is 0.246 e. The summed E-state index contributed by atoms with van der Waals surface area (Å²) in [6.45, 7) is 10.1. The molecule has 1 heterocycles. The molecule has 1 saturated heterocycles. The van der Waals surface area contributed by atoms with Crippen LogP contribution in [0.3, 0.4) is 0 Å². The quantitative estimate of drug-likeness (QED) is 0.295. The largest absolute Gasteiger partial charge is 0.348 e. The number of piperidine rings is 1. The van der Waals surface area contributed by atoms with Gasteiger partial charge in [-0.25, -0.2) is 0 Å². The fourth-order valence-electron chi connectivity index (χ4n) is 3.83. The van der Waals surface area contributed by atoms with Gasteiger partial charge in [0, 0.05) is 43.0 Å². The molecule has 1 atom stereocenters. The molecular formula is C25H35N3O4. The summed E-state index contributed by atoms with van der Waals surface area (Å²) in [5.74, 6) is -1.38. The Morgan fingerprint density at radius 1 is 1.22 bits per heavy atom. The Morgan fingerprint density at radius 2 is 1.97 bits per heavy atom. The third-order valence-electron chi connectivity index (χ3n) is 5.81. The zero-order valence-electron chi connectivity index (χ0n) is 19.5. The molecule has 1 aromatic rings. The van der Waals surface area contributed by atoms with Crippen molar-refractivity contribution in [3.63, 3.8) is 0 Å². The van der Waals surface area contributed by atoms with Crippen LogP contribution in [0, 0.1) is 5.92 Å². The zero-order valence-corrected chi connectivity index (χ0v) is 19.5. The van der Waals surface area contributed by atoms with Gasteiger partial charge in [0.15, 0.2) is 5.78 Å². The highest BCUT2D eigenvalue weighted by molar-refractivity contribution is 6.03. The molecule has 174 valence electrons. The number of carbonyl (C=O) groups excluding carboxylic acids is 4. The molecular weight excluding hydrogens is 406 g/mol. The molecule has 7 heteroatoms. The van der Waals surface area contributed by atoms with Crippen molar-refractivity contribution in [3.05, 3.63) is 47.0 Å². The van der Waals surface area contributed by atoms with E-state index in [1.165, 1.54) is 0 Å². The number of benzene rings is 1. The number of rotatable bonds is 12. The van der Waals surface area contributed by atoms with E-state index in [1.54, 1.807) is 6.07 Å². The van der Waals surface area contributed by atoms with Crippen molar-refractivity contribution >= 4 is 23.5 Å². The normalized spacial score (nSPS) is 16.1. The van der Waals surface area contributed by atoms with Crippen molar-refractivity contribution in [2.24, 2.45) is 5.92 Å². The highest BCUT2D eigenvalue weighted by Crippen LogP contribution is 2.22. The first-order valence-corrected chi connectivity index (χ1v) is 11.4. The standard InChI is InChI=1S/C25H35N3O4/c1-5-12-28(4)13-11-17(3)24(31)26-16-18-7-9-21(19(6-2)14-18)22(29)15-20-8-10-23(30)27-25(20)32/h7,9,14,20H,3,5-6,8,10-13,15-16H2,1-2,4H3,(H,26,31)(H,27,30,32). The fourth-order valence-corrected chi connectivity index (χ4v) is 3.83. The van der Waals surface area contributed by atoms with Gasteiger partial charge in [-0.2, -0.15) is 0 Å². The van der Waals surface area contributed by atoms with Gasteiger partial charge < -0.3 is 10.2 Å². The van der Waals surface area contributed by atoms with E-state index in [2.05, 4.69) is 29.0 Å². The Labute approximate surface area is 190 Å². The zero-order chi connectivity index (χ0) is 23.7. The molecule has 1 fully saturated rings. The van der Waals surface area contributed by atoms with Crippen LogP contribution in [0.15, 0.2) is 30.4 Å². The summed E-state index contributed by atoms with van der Waals surface area (Å²) in [4.78, 5) is 50.6. The average molecular weight is 442 g/mol. The van der Waals surface area contributed by atoms with E-state index >= 15 is 0 Å². The summed E-state index contributed by atoms with van der Waals surface area (Å²) in [7, 11) is 2.03. The minimum absolute atomic E-state index is 0.0918. The van der Waals surface area contributed by atoms with Gasteiger partial charge in [0.25, 0.3) is 0 Å². The summed E-state index contributed by atoms with van der Waals surface area (Å²) >= 11 is 0. The van der Waals surface area contributed by atoms with E-state index in [9.17, 15) is 19.2 Å². The van der Waals surface area contributed by atoms with Crippen molar-refractivity contribution < 1.29 is 19.2 Å². The number of aryl methyl sites for hydroxylation is 1. The van der Waals surface area contributed by atoms with Crippen LogP contribution in [0.5, 0.6) is 0 Å². The molecule has 7 nitrogen and oxygen atoms in total. The maximum atomic E-state index is 12.8. The van der Waals surface area contributed by atoms with Crippen molar-refractivity contribution in [1.29, 1.82) is 0 Å². The highest BCUT2D eigenvalue weighted by atomic mass is 16.2. The molecule has 0 spiro atoms. The summed E-state index contributed by atoms with van der Waals surface area (Å²) in [5.41, 5.74) is 2.94. The average Bonchev–Trinajstić information content (AvgIpc) is 2.77. The number of amides is 3. The van der Waals surface area contributed by atoms with Crippen LogP contribution in [0.2, 0.25) is 0 Å². The summed E-state index contributed by atoms with van der Waals surface area (Å²) < 4.78 is 0. The smallest absolute Gasteiger partial charge is 0.246 e. The predicted octanol–water partition coefficient (Wildman–Crippen LogP) is 2.78. The Balaban J connectivity index is 1.93. The van der Waals surface area contributed by atoms with Crippen LogP contribution in [0.25, 0.3) is 0 Å². The van der Waals surface area contributed by atoms with E-state index in [-0.39, 0.29) is 36.3 Å². The molecule has 2 rings (SSSR count). The highest BCUT2D eigenvalue weighted by Gasteiger charge is 2.29. The first kappa shape index (κ1) is 25.5. The molecule has 0 aromatic heterocycles. The molecule has 1 unspecified atom stereocenters. The number of carbonyl (C=O) groups is 4. The van der Waals surface area contributed by atoms with Gasteiger partial charge in [-0.3, -0.25) is 24.5 Å².